The molecular formula is C11H9N7OS. The third kappa shape index (κ3) is 2.38. The Bertz CT molecular complexity index is 737. The minimum atomic E-state index is -0.320. The molecule has 0 aliphatic carbocycles. The Morgan fingerprint density at radius 2 is 2.35 bits per heavy atom. The summed E-state index contributed by atoms with van der Waals surface area (Å²) in [6, 6.07) is 3.34. The summed E-state index contributed by atoms with van der Waals surface area (Å²) in [4.78, 5) is 24.4. The van der Waals surface area contributed by atoms with E-state index in [-0.39, 0.29) is 5.91 Å². The van der Waals surface area contributed by atoms with Crippen LogP contribution < -0.4 is 5.32 Å². The number of rotatable bonds is 3. The van der Waals surface area contributed by atoms with Crippen LogP contribution >= 0.6 is 11.5 Å². The van der Waals surface area contributed by atoms with Crippen molar-refractivity contribution in [2.45, 2.75) is 6.92 Å². The predicted molar refractivity (Wildman–Crippen MR) is 71.8 cm³/mol. The standard InChI is InChI=1S/C11H9N7OS/c1-7-15-11(20-17-7)16-10(19)8-3-2-4-13-9(8)18-6-12-5-14-18/h2-6H,1H3,(H,15,16,17,19). The molecule has 0 spiro atoms. The molecule has 20 heavy (non-hydrogen) atoms. The summed E-state index contributed by atoms with van der Waals surface area (Å²) in [6.07, 6.45) is 4.45. The van der Waals surface area contributed by atoms with E-state index in [0.29, 0.717) is 22.3 Å². The highest BCUT2D eigenvalue weighted by Gasteiger charge is 2.15. The van der Waals surface area contributed by atoms with Crippen molar-refractivity contribution in [1.29, 1.82) is 0 Å². The zero-order chi connectivity index (χ0) is 13.9. The van der Waals surface area contributed by atoms with Crippen molar-refractivity contribution in [1.82, 2.24) is 29.1 Å². The lowest BCUT2D eigenvalue weighted by atomic mass is 10.2. The minimum absolute atomic E-state index is 0.320. The van der Waals surface area contributed by atoms with Gasteiger partial charge >= 0.3 is 0 Å². The average molecular weight is 287 g/mol. The summed E-state index contributed by atoms with van der Waals surface area (Å²) in [5.74, 6) is 0.705. The molecule has 3 rings (SSSR count). The number of hydrogen-bond donors (Lipinski definition) is 1. The summed E-state index contributed by atoms with van der Waals surface area (Å²) < 4.78 is 5.44. The highest BCUT2D eigenvalue weighted by molar-refractivity contribution is 7.09. The van der Waals surface area contributed by atoms with Crippen LogP contribution in [0, 0.1) is 6.92 Å². The summed E-state index contributed by atoms with van der Waals surface area (Å²) in [6.45, 7) is 1.76. The molecule has 1 amide bonds. The zero-order valence-electron chi connectivity index (χ0n) is 10.4. The van der Waals surface area contributed by atoms with Gasteiger partial charge in [-0.15, -0.1) is 0 Å². The molecule has 0 aliphatic rings. The molecule has 0 bridgehead atoms. The second-order valence-corrected chi connectivity index (χ2v) is 4.57. The number of aromatic nitrogens is 6. The largest absolute Gasteiger partial charge is 0.296 e. The van der Waals surface area contributed by atoms with Crippen molar-refractivity contribution in [3.05, 3.63) is 42.4 Å². The Morgan fingerprint density at radius 1 is 1.45 bits per heavy atom. The van der Waals surface area contributed by atoms with Crippen LogP contribution in [-0.4, -0.2) is 35.0 Å². The zero-order valence-corrected chi connectivity index (χ0v) is 11.2. The second-order valence-electron chi connectivity index (χ2n) is 3.82. The number of amides is 1. The number of carbonyl (C=O) groups excluding carboxylic acids is 1. The van der Waals surface area contributed by atoms with Crippen molar-refractivity contribution in [2.75, 3.05) is 5.32 Å². The number of carbonyl (C=O) groups is 1. The van der Waals surface area contributed by atoms with Gasteiger partial charge in [-0.3, -0.25) is 10.1 Å². The number of aryl methyl sites for hydroxylation is 1. The van der Waals surface area contributed by atoms with Crippen LogP contribution in [0.5, 0.6) is 0 Å². The Labute approximate surface area is 117 Å². The lowest BCUT2D eigenvalue weighted by molar-refractivity contribution is 0.102. The molecule has 0 radical (unpaired) electrons. The van der Waals surface area contributed by atoms with E-state index in [2.05, 4.69) is 29.7 Å². The molecule has 9 heteroatoms. The first kappa shape index (κ1) is 12.4. The topological polar surface area (TPSA) is 98.5 Å². The molecule has 3 aromatic rings. The summed E-state index contributed by atoms with van der Waals surface area (Å²) in [5.41, 5.74) is 0.380. The fourth-order valence-electron chi connectivity index (χ4n) is 1.59. The van der Waals surface area contributed by atoms with E-state index < -0.39 is 0 Å². The average Bonchev–Trinajstić information content (AvgIpc) is 3.10. The maximum absolute atomic E-state index is 12.3. The lowest BCUT2D eigenvalue weighted by Crippen LogP contribution is -2.16. The van der Waals surface area contributed by atoms with Gasteiger partial charge < -0.3 is 0 Å². The van der Waals surface area contributed by atoms with Crippen LogP contribution in [0.2, 0.25) is 0 Å². The molecule has 8 nitrogen and oxygen atoms in total. The Morgan fingerprint density at radius 3 is 3.05 bits per heavy atom. The van der Waals surface area contributed by atoms with Crippen LogP contribution in [-0.2, 0) is 0 Å². The van der Waals surface area contributed by atoms with Gasteiger partial charge in [0.05, 0.1) is 5.56 Å². The van der Waals surface area contributed by atoms with Crippen molar-refractivity contribution < 1.29 is 4.79 Å². The number of pyridine rings is 1. The van der Waals surface area contributed by atoms with Crippen molar-refractivity contribution in [2.24, 2.45) is 0 Å². The Balaban J connectivity index is 1.92. The highest BCUT2D eigenvalue weighted by Crippen LogP contribution is 2.15. The molecule has 3 aromatic heterocycles. The number of anilines is 1. The SMILES string of the molecule is Cc1nsc(NC(=O)c2cccnc2-n2cncn2)n1. The van der Waals surface area contributed by atoms with E-state index in [1.54, 1.807) is 25.3 Å². The summed E-state index contributed by atoms with van der Waals surface area (Å²) in [5, 5.41) is 7.11. The van der Waals surface area contributed by atoms with Gasteiger partial charge in [0.15, 0.2) is 5.82 Å². The fraction of sp³-hybridized carbons (Fsp3) is 0.0909. The molecule has 0 atom stereocenters. The molecule has 0 unspecified atom stereocenters. The molecule has 0 aliphatic heterocycles. The first-order chi connectivity index (χ1) is 9.74. The quantitative estimate of drug-likeness (QED) is 0.773. The molecule has 100 valence electrons. The van der Waals surface area contributed by atoms with Crippen molar-refractivity contribution in [3.63, 3.8) is 0 Å². The maximum atomic E-state index is 12.3. The van der Waals surface area contributed by atoms with Crippen molar-refractivity contribution >= 4 is 22.6 Å². The van der Waals surface area contributed by atoms with E-state index in [9.17, 15) is 4.79 Å². The molecule has 3 heterocycles. The van der Waals surface area contributed by atoms with E-state index in [1.807, 2.05) is 0 Å². The maximum Gasteiger partial charge on any atom is 0.261 e. The Hall–Kier alpha value is -2.68. The van der Waals surface area contributed by atoms with Gasteiger partial charge in [0.25, 0.3) is 5.91 Å². The molecule has 0 saturated heterocycles. The number of hydrogen-bond acceptors (Lipinski definition) is 7. The van der Waals surface area contributed by atoms with E-state index >= 15 is 0 Å². The van der Waals surface area contributed by atoms with Crippen molar-refractivity contribution in [3.8, 4) is 5.82 Å². The van der Waals surface area contributed by atoms with Crippen LogP contribution in [0.1, 0.15) is 16.2 Å². The van der Waals surface area contributed by atoms with E-state index in [1.165, 1.54) is 17.3 Å². The number of nitrogens with zero attached hydrogens (tertiary/aromatic N) is 6. The molecular weight excluding hydrogens is 278 g/mol. The van der Waals surface area contributed by atoms with Gasteiger partial charge in [-0.2, -0.15) is 9.47 Å². The first-order valence-electron chi connectivity index (χ1n) is 5.66. The highest BCUT2D eigenvalue weighted by atomic mass is 32.1. The smallest absolute Gasteiger partial charge is 0.261 e. The predicted octanol–water partition coefficient (Wildman–Crippen LogP) is 1.07. The molecule has 0 saturated carbocycles. The third-order valence-electron chi connectivity index (χ3n) is 2.42. The van der Waals surface area contributed by atoms with Gasteiger partial charge in [0.2, 0.25) is 5.13 Å². The van der Waals surface area contributed by atoms with Gasteiger partial charge in [-0.25, -0.2) is 19.6 Å². The van der Waals surface area contributed by atoms with Crippen LogP contribution in [0.15, 0.2) is 31.0 Å². The fourth-order valence-corrected chi connectivity index (χ4v) is 2.16. The van der Waals surface area contributed by atoms with E-state index in [4.69, 9.17) is 0 Å². The summed E-state index contributed by atoms with van der Waals surface area (Å²) >= 11 is 1.13. The first-order valence-corrected chi connectivity index (χ1v) is 6.43. The molecule has 1 N–H and O–H groups in total. The minimum Gasteiger partial charge on any atom is -0.296 e. The summed E-state index contributed by atoms with van der Waals surface area (Å²) in [7, 11) is 0. The van der Waals surface area contributed by atoms with Crippen LogP contribution in [0.3, 0.4) is 0 Å². The van der Waals surface area contributed by atoms with E-state index in [0.717, 1.165) is 11.5 Å². The molecule has 0 fully saturated rings. The Kier molecular flexibility index (Phi) is 3.17. The normalized spacial score (nSPS) is 10.4. The lowest BCUT2D eigenvalue weighted by Gasteiger charge is -2.06. The van der Waals surface area contributed by atoms with Crippen LogP contribution in [0.4, 0.5) is 5.13 Å². The van der Waals surface area contributed by atoms with Gasteiger partial charge in [-0.1, -0.05) is 0 Å². The van der Waals surface area contributed by atoms with Gasteiger partial charge in [-0.05, 0) is 19.1 Å². The van der Waals surface area contributed by atoms with Gasteiger partial charge in [0.1, 0.15) is 18.5 Å². The van der Waals surface area contributed by atoms with Gasteiger partial charge in [0, 0.05) is 17.7 Å². The second kappa shape index (κ2) is 5.13. The third-order valence-corrected chi connectivity index (χ3v) is 3.14. The van der Waals surface area contributed by atoms with Crippen LogP contribution in [0.25, 0.3) is 5.82 Å². The number of nitrogens with one attached hydrogen (secondary N) is 1. The molecule has 0 aromatic carbocycles. The monoisotopic (exact) mass is 287 g/mol.